The van der Waals surface area contributed by atoms with Crippen molar-refractivity contribution in [3.05, 3.63) is 23.8 Å². The first-order chi connectivity index (χ1) is 13.7. The number of hydrogen-bond acceptors (Lipinski definition) is 5. The highest BCUT2D eigenvalue weighted by molar-refractivity contribution is 5.93. The summed E-state index contributed by atoms with van der Waals surface area (Å²) >= 11 is 0. The summed E-state index contributed by atoms with van der Waals surface area (Å²) in [6.07, 6.45) is 8.10. The van der Waals surface area contributed by atoms with E-state index in [1.54, 1.807) is 7.11 Å². The molecule has 3 saturated carbocycles. The van der Waals surface area contributed by atoms with E-state index in [0.29, 0.717) is 18.3 Å². The van der Waals surface area contributed by atoms with Crippen molar-refractivity contribution in [3.8, 4) is 0 Å². The van der Waals surface area contributed by atoms with Gasteiger partial charge in [0.15, 0.2) is 17.2 Å². The predicted octanol–water partition coefficient (Wildman–Crippen LogP) is 3.61. The number of aliphatic hydroxyl groups is 1. The van der Waals surface area contributed by atoms with Gasteiger partial charge >= 0.3 is 0 Å². The number of fused-ring (bicyclic) bond motifs is 5. The molecule has 4 aliphatic carbocycles. The van der Waals surface area contributed by atoms with Crippen LogP contribution in [0.4, 0.5) is 0 Å². The van der Waals surface area contributed by atoms with E-state index in [2.05, 4.69) is 20.4 Å². The molecule has 29 heavy (non-hydrogen) atoms. The van der Waals surface area contributed by atoms with Crippen molar-refractivity contribution in [2.75, 3.05) is 20.5 Å². The fourth-order valence-corrected chi connectivity index (χ4v) is 7.63. The van der Waals surface area contributed by atoms with Crippen molar-refractivity contribution in [3.63, 3.8) is 0 Å². The van der Waals surface area contributed by atoms with Crippen LogP contribution in [0.2, 0.25) is 0 Å². The molecule has 0 aromatic rings. The van der Waals surface area contributed by atoms with Gasteiger partial charge in [-0.2, -0.15) is 0 Å². The van der Waals surface area contributed by atoms with E-state index < -0.39 is 17.6 Å². The number of aliphatic hydroxyl groups excluding tert-OH is 1. The van der Waals surface area contributed by atoms with Crippen LogP contribution < -0.4 is 0 Å². The highest BCUT2D eigenvalue weighted by Gasteiger charge is 2.68. The maximum absolute atomic E-state index is 13.1. The molecule has 4 aliphatic rings. The second-order valence-electron chi connectivity index (χ2n) is 10.0. The number of hydrogen-bond donors (Lipinski definition) is 1. The van der Waals surface area contributed by atoms with Gasteiger partial charge in [0.05, 0.1) is 0 Å². The van der Waals surface area contributed by atoms with Crippen LogP contribution in [-0.2, 0) is 19.1 Å². The lowest BCUT2D eigenvalue weighted by Gasteiger charge is -2.59. The maximum atomic E-state index is 13.1. The number of Topliss-reactive ketones (excluding diaryl/α,β-unsaturated/α-hetero) is 1. The molecule has 0 unspecified atom stereocenters. The molecule has 0 amide bonds. The van der Waals surface area contributed by atoms with Crippen molar-refractivity contribution in [2.45, 2.75) is 64.4 Å². The topological polar surface area (TPSA) is 72.8 Å². The van der Waals surface area contributed by atoms with E-state index in [1.807, 2.05) is 6.08 Å². The lowest BCUT2D eigenvalue weighted by molar-refractivity contribution is -0.194. The molecular formula is C24H34O5. The first kappa shape index (κ1) is 21.0. The first-order valence-electron chi connectivity index (χ1n) is 10.9. The van der Waals surface area contributed by atoms with E-state index in [-0.39, 0.29) is 29.7 Å². The fourth-order valence-electron chi connectivity index (χ4n) is 7.63. The van der Waals surface area contributed by atoms with Crippen LogP contribution in [0.15, 0.2) is 23.8 Å². The minimum Gasteiger partial charge on any atom is -0.388 e. The monoisotopic (exact) mass is 402 g/mol. The van der Waals surface area contributed by atoms with Crippen LogP contribution in [0.25, 0.3) is 0 Å². The minimum atomic E-state index is -1.17. The van der Waals surface area contributed by atoms with E-state index >= 15 is 0 Å². The molecule has 0 heterocycles. The molecule has 0 bridgehead atoms. The quantitative estimate of drug-likeness (QED) is 0.562. The fraction of sp³-hybridized carbons (Fsp3) is 0.750. The average Bonchev–Trinajstić information content (AvgIpc) is 2.93. The van der Waals surface area contributed by atoms with E-state index in [1.165, 1.54) is 5.57 Å². The van der Waals surface area contributed by atoms with Gasteiger partial charge in [0.2, 0.25) is 0 Å². The Balaban J connectivity index is 1.73. The third kappa shape index (κ3) is 2.70. The first-order valence-corrected chi connectivity index (χ1v) is 10.9. The smallest absolute Gasteiger partial charge is 0.194 e. The van der Waals surface area contributed by atoms with Crippen molar-refractivity contribution in [1.29, 1.82) is 0 Å². The van der Waals surface area contributed by atoms with Crippen LogP contribution in [0.5, 0.6) is 0 Å². The molecule has 0 spiro atoms. The van der Waals surface area contributed by atoms with Crippen LogP contribution >= 0.6 is 0 Å². The zero-order chi connectivity index (χ0) is 21.0. The summed E-state index contributed by atoms with van der Waals surface area (Å²) in [5, 5.41) is 9.78. The molecular weight excluding hydrogens is 368 g/mol. The number of allylic oxidation sites excluding steroid dienone is 1. The van der Waals surface area contributed by atoms with Gasteiger partial charge in [-0.15, -0.1) is 0 Å². The molecule has 5 nitrogen and oxygen atoms in total. The van der Waals surface area contributed by atoms with E-state index in [0.717, 1.165) is 44.1 Å². The summed E-state index contributed by atoms with van der Waals surface area (Å²) < 4.78 is 11.3. The van der Waals surface area contributed by atoms with E-state index in [4.69, 9.17) is 9.47 Å². The third-order valence-electron chi connectivity index (χ3n) is 9.05. The molecule has 0 radical (unpaired) electrons. The highest BCUT2D eigenvalue weighted by atomic mass is 16.7. The molecule has 6 atom stereocenters. The number of carbonyl (C=O) groups is 2. The lowest BCUT2D eigenvalue weighted by Crippen LogP contribution is -2.59. The minimum absolute atomic E-state index is 0.00782. The molecule has 5 heteroatoms. The molecule has 0 aromatic carbocycles. The maximum Gasteiger partial charge on any atom is 0.194 e. The Morgan fingerprint density at radius 1 is 1.24 bits per heavy atom. The molecule has 0 aliphatic heterocycles. The highest BCUT2D eigenvalue weighted by Crippen LogP contribution is 2.69. The number of carbonyl (C=O) groups excluding carboxylic acids is 2. The van der Waals surface area contributed by atoms with Gasteiger partial charge in [0.1, 0.15) is 13.4 Å². The predicted molar refractivity (Wildman–Crippen MR) is 109 cm³/mol. The summed E-state index contributed by atoms with van der Waals surface area (Å²) in [5.74, 6) is 1.25. The normalized spacial score (nSPS) is 44.0. The Morgan fingerprint density at radius 3 is 2.69 bits per heavy atom. The Morgan fingerprint density at radius 2 is 2.00 bits per heavy atom. The largest absolute Gasteiger partial charge is 0.388 e. The van der Waals surface area contributed by atoms with Gasteiger partial charge in [-0.25, -0.2) is 0 Å². The summed E-state index contributed by atoms with van der Waals surface area (Å²) in [6, 6.07) is 0. The van der Waals surface area contributed by atoms with Gasteiger partial charge in [0, 0.05) is 18.9 Å². The summed E-state index contributed by atoms with van der Waals surface area (Å²) in [6.45, 7) is 8.24. The Labute approximate surface area is 173 Å². The van der Waals surface area contributed by atoms with Crippen LogP contribution in [-0.4, -0.2) is 42.8 Å². The summed E-state index contributed by atoms with van der Waals surface area (Å²) in [7, 11) is 1.55. The summed E-state index contributed by atoms with van der Waals surface area (Å²) in [4.78, 5) is 25.1. The van der Waals surface area contributed by atoms with E-state index in [9.17, 15) is 14.7 Å². The lowest BCUT2D eigenvalue weighted by atomic mass is 9.46. The van der Waals surface area contributed by atoms with Gasteiger partial charge < -0.3 is 14.6 Å². The number of ketones is 2. The number of ether oxygens (including phenoxy) is 2. The standard InChI is InChI=1S/C24H34O5/c1-15-11-20-18-6-5-16-12-17(26)7-9-22(16,2)19(18)8-10-23(20,3)24(15,21(27)13-25)29-14-28-4/h12,18-20,25H,1,5-11,13-14H2,2-4H3/t18-,19+,20+,22+,23+,24+/m1/s1. The third-order valence-corrected chi connectivity index (χ3v) is 9.05. The zero-order valence-electron chi connectivity index (χ0n) is 18.0. The van der Waals surface area contributed by atoms with Gasteiger partial charge in [0.25, 0.3) is 0 Å². The molecule has 1 N–H and O–H groups in total. The Bertz CT molecular complexity index is 769. The van der Waals surface area contributed by atoms with Crippen LogP contribution in [0, 0.1) is 28.6 Å². The van der Waals surface area contributed by atoms with Gasteiger partial charge in [-0.3, -0.25) is 9.59 Å². The van der Waals surface area contributed by atoms with Crippen molar-refractivity contribution < 1.29 is 24.2 Å². The molecule has 160 valence electrons. The van der Waals surface area contributed by atoms with Crippen molar-refractivity contribution in [2.24, 2.45) is 28.6 Å². The molecule has 0 aromatic heterocycles. The summed E-state index contributed by atoms with van der Waals surface area (Å²) in [5.41, 5.74) is 0.633. The Kier molecular flexibility index (Phi) is 5.16. The van der Waals surface area contributed by atoms with Crippen LogP contribution in [0.3, 0.4) is 0 Å². The molecule has 4 rings (SSSR count). The van der Waals surface area contributed by atoms with Gasteiger partial charge in [-0.05, 0) is 73.3 Å². The molecule has 3 fully saturated rings. The van der Waals surface area contributed by atoms with Crippen LogP contribution in [0.1, 0.15) is 58.8 Å². The Hall–Kier alpha value is -1.30. The average molecular weight is 403 g/mol. The second-order valence-corrected chi connectivity index (χ2v) is 10.0. The number of rotatable bonds is 5. The van der Waals surface area contributed by atoms with Crippen molar-refractivity contribution >= 4 is 11.6 Å². The van der Waals surface area contributed by atoms with Gasteiger partial charge in [-0.1, -0.05) is 26.0 Å². The SMILES string of the molecule is C=C1C[C@H]2[C@@H]3CCC4=CC(=O)CC[C@]4(C)[C@H]3CC[C@]2(C)[C@@]1(OCOC)C(=O)CO. The number of methoxy groups -OCH3 is 1. The van der Waals surface area contributed by atoms with Crippen molar-refractivity contribution in [1.82, 2.24) is 0 Å². The second kappa shape index (κ2) is 7.14. The molecule has 0 saturated heterocycles. The zero-order valence-corrected chi connectivity index (χ0v) is 18.0.